The molecule has 2 heterocycles. The minimum Gasteiger partial charge on any atom is -0.422 e. The molecule has 3 heteroatoms. The summed E-state index contributed by atoms with van der Waals surface area (Å²) in [7, 11) is 0. The van der Waals surface area contributed by atoms with Crippen molar-refractivity contribution in [1.29, 1.82) is 0 Å². The number of carbonyl (C=O) groups is 1. The Morgan fingerprint density at radius 2 is 1.48 bits per heavy atom. The molecule has 2 aliphatic rings. The summed E-state index contributed by atoms with van der Waals surface area (Å²) in [5.74, 6) is 0.291. The zero-order valence-corrected chi connectivity index (χ0v) is 13.3. The molecule has 1 N–H and O–H groups in total. The van der Waals surface area contributed by atoms with E-state index in [-0.39, 0.29) is 5.97 Å². The number of nitrogens with one attached hydrogen (secondary N) is 1. The number of rotatable bonds is 1. The summed E-state index contributed by atoms with van der Waals surface area (Å²) in [4.78, 5) is 15.9. The number of aromatic nitrogens is 1. The average Bonchev–Trinajstić information content (AvgIpc) is 3.20. The molecule has 0 fully saturated rings. The molecular formula is C22H14NO2+. The molecule has 0 saturated carbocycles. The topological polar surface area (TPSA) is 40.4 Å². The molecule has 0 saturated heterocycles. The molecule has 1 aliphatic heterocycles. The molecule has 0 radical (unpaired) electrons. The van der Waals surface area contributed by atoms with Crippen LogP contribution in [0.4, 0.5) is 0 Å². The summed E-state index contributed by atoms with van der Waals surface area (Å²) in [5.41, 5.74) is 6.66. The molecule has 0 spiro atoms. The van der Waals surface area contributed by atoms with E-state index >= 15 is 0 Å². The first kappa shape index (κ1) is 13.9. The maximum Gasteiger partial charge on any atom is 0.344 e. The fourth-order valence-corrected chi connectivity index (χ4v) is 3.52. The predicted molar refractivity (Wildman–Crippen MR) is 95.0 cm³/mol. The summed E-state index contributed by atoms with van der Waals surface area (Å²) < 4.78 is 5.56. The second-order valence-electron chi connectivity index (χ2n) is 6.06. The molecule has 0 atom stereocenters. The number of benzene rings is 2. The van der Waals surface area contributed by atoms with Gasteiger partial charge in [-0.3, -0.25) is 0 Å². The van der Waals surface area contributed by atoms with E-state index in [0.717, 1.165) is 33.5 Å². The Bertz CT molecular complexity index is 1030. The number of H-pyrrole nitrogens is 1. The number of fused-ring (bicyclic) bond motifs is 3. The summed E-state index contributed by atoms with van der Waals surface area (Å²) in [6.45, 7) is 0. The SMILES string of the molecule is O=C1OC(c2ccccc2)=CC1=C1c2ccccc2-c2[nH+]cccc21. The molecule has 0 unspecified atom stereocenters. The van der Waals surface area contributed by atoms with Gasteiger partial charge in [0.25, 0.3) is 0 Å². The molecule has 0 amide bonds. The number of cyclic esters (lactones) is 1. The summed E-state index contributed by atoms with van der Waals surface area (Å²) in [5, 5.41) is 0. The Balaban J connectivity index is 1.77. The Hall–Kier alpha value is -3.46. The molecule has 3 nitrogen and oxygen atoms in total. The minimum absolute atomic E-state index is 0.305. The lowest BCUT2D eigenvalue weighted by atomic mass is 9.98. The second-order valence-corrected chi connectivity index (χ2v) is 6.06. The maximum absolute atomic E-state index is 12.6. The highest BCUT2D eigenvalue weighted by atomic mass is 16.5. The standard InChI is InChI=1S/C22H13NO2/c24-22-18(13-19(25-22)14-7-2-1-3-8-14)20-15-9-4-5-10-16(15)21-17(20)11-6-12-23-21/h1-13H/p+1. The molecule has 1 aromatic heterocycles. The Morgan fingerprint density at radius 3 is 2.32 bits per heavy atom. The number of hydrogen-bond acceptors (Lipinski definition) is 2. The van der Waals surface area contributed by atoms with Crippen LogP contribution in [-0.4, -0.2) is 5.97 Å². The highest BCUT2D eigenvalue weighted by molar-refractivity contribution is 6.14. The van der Waals surface area contributed by atoms with E-state index in [9.17, 15) is 4.79 Å². The van der Waals surface area contributed by atoms with Crippen LogP contribution in [0.3, 0.4) is 0 Å². The Kier molecular flexibility index (Phi) is 2.94. The van der Waals surface area contributed by atoms with Gasteiger partial charge in [0, 0.05) is 17.2 Å². The van der Waals surface area contributed by atoms with E-state index in [4.69, 9.17) is 4.74 Å². The van der Waals surface area contributed by atoms with Crippen molar-refractivity contribution < 1.29 is 14.5 Å². The van der Waals surface area contributed by atoms with Crippen molar-refractivity contribution in [3.63, 3.8) is 0 Å². The summed E-state index contributed by atoms with van der Waals surface area (Å²) in [6, 6.07) is 21.8. The molecule has 25 heavy (non-hydrogen) atoms. The van der Waals surface area contributed by atoms with Gasteiger partial charge in [-0.25, -0.2) is 9.78 Å². The van der Waals surface area contributed by atoms with E-state index in [0.29, 0.717) is 11.3 Å². The zero-order chi connectivity index (χ0) is 16.8. The lowest BCUT2D eigenvalue weighted by molar-refractivity contribution is -0.364. The Labute approximate surface area is 144 Å². The first-order chi connectivity index (χ1) is 12.3. The average molecular weight is 324 g/mol. The highest BCUT2D eigenvalue weighted by Crippen LogP contribution is 2.45. The van der Waals surface area contributed by atoms with Gasteiger partial charge in [-0.15, -0.1) is 0 Å². The molecular weight excluding hydrogens is 310 g/mol. The quantitative estimate of drug-likeness (QED) is 0.394. The maximum atomic E-state index is 12.6. The van der Waals surface area contributed by atoms with Crippen LogP contribution in [0.1, 0.15) is 16.7 Å². The van der Waals surface area contributed by atoms with Gasteiger partial charge >= 0.3 is 5.97 Å². The number of ether oxygens (including phenoxy) is 1. The van der Waals surface area contributed by atoms with Crippen molar-refractivity contribution in [2.45, 2.75) is 0 Å². The third-order valence-electron chi connectivity index (χ3n) is 4.62. The van der Waals surface area contributed by atoms with Crippen molar-refractivity contribution in [3.8, 4) is 11.3 Å². The smallest absolute Gasteiger partial charge is 0.344 e. The fraction of sp³-hybridized carbons (Fsp3) is 0. The van der Waals surface area contributed by atoms with Crippen molar-refractivity contribution in [1.82, 2.24) is 0 Å². The van der Waals surface area contributed by atoms with Gasteiger partial charge in [0.2, 0.25) is 5.69 Å². The van der Waals surface area contributed by atoms with Crippen molar-refractivity contribution in [2.24, 2.45) is 0 Å². The molecule has 3 aromatic rings. The van der Waals surface area contributed by atoms with Gasteiger partial charge in [-0.05, 0) is 23.8 Å². The van der Waals surface area contributed by atoms with Crippen molar-refractivity contribution in [2.75, 3.05) is 0 Å². The minimum atomic E-state index is -0.305. The van der Waals surface area contributed by atoms with Crippen molar-refractivity contribution >= 4 is 17.3 Å². The van der Waals surface area contributed by atoms with Crippen LogP contribution in [0.5, 0.6) is 0 Å². The highest BCUT2D eigenvalue weighted by Gasteiger charge is 2.34. The van der Waals surface area contributed by atoms with Gasteiger partial charge in [0.15, 0.2) is 6.20 Å². The number of pyridine rings is 1. The summed E-state index contributed by atoms with van der Waals surface area (Å²) in [6.07, 6.45) is 3.76. The lowest BCUT2D eigenvalue weighted by Gasteiger charge is -2.03. The van der Waals surface area contributed by atoms with Crippen LogP contribution in [0.2, 0.25) is 0 Å². The predicted octanol–water partition coefficient (Wildman–Crippen LogP) is 3.88. The van der Waals surface area contributed by atoms with E-state index in [1.807, 2.05) is 72.9 Å². The summed E-state index contributed by atoms with van der Waals surface area (Å²) >= 11 is 0. The normalized spacial score (nSPS) is 17.8. The lowest BCUT2D eigenvalue weighted by Crippen LogP contribution is -2.05. The second kappa shape index (κ2) is 5.28. The largest absolute Gasteiger partial charge is 0.422 e. The molecule has 118 valence electrons. The van der Waals surface area contributed by atoms with Crippen LogP contribution >= 0.6 is 0 Å². The van der Waals surface area contributed by atoms with E-state index in [1.54, 1.807) is 0 Å². The zero-order valence-electron chi connectivity index (χ0n) is 13.3. The van der Waals surface area contributed by atoms with Crippen LogP contribution in [0.25, 0.3) is 22.6 Å². The van der Waals surface area contributed by atoms with E-state index in [2.05, 4.69) is 11.1 Å². The van der Waals surface area contributed by atoms with Gasteiger partial charge < -0.3 is 4.74 Å². The van der Waals surface area contributed by atoms with Gasteiger partial charge in [-0.2, -0.15) is 0 Å². The number of carbonyl (C=O) groups excluding carboxylic acids is 1. The van der Waals surface area contributed by atoms with Crippen LogP contribution in [0.15, 0.2) is 84.6 Å². The molecule has 2 aromatic carbocycles. The van der Waals surface area contributed by atoms with Crippen LogP contribution in [0, 0.1) is 0 Å². The molecule has 5 rings (SSSR count). The fourth-order valence-electron chi connectivity index (χ4n) is 3.52. The van der Waals surface area contributed by atoms with Crippen LogP contribution < -0.4 is 4.98 Å². The van der Waals surface area contributed by atoms with E-state index in [1.165, 1.54) is 0 Å². The number of aromatic amines is 1. The Morgan fingerprint density at radius 1 is 0.760 bits per heavy atom. The van der Waals surface area contributed by atoms with Gasteiger partial charge in [0.1, 0.15) is 5.76 Å². The van der Waals surface area contributed by atoms with Crippen molar-refractivity contribution in [3.05, 3.63) is 101 Å². The third-order valence-corrected chi connectivity index (χ3v) is 4.62. The first-order valence-electron chi connectivity index (χ1n) is 8.17. The van der Waals surface area contributed by atoms with Crippen LogP contribution in [-0.2, 0) is 9.53 Å². The molecule has 0 bridgehead atoms. The first-order valence-corrected chi connectivity index (χ1v) is 8.17. The monoisotopic (exact) mass is 324 g/mol. The molecule has 1 aliphatic carbocycles. The van der Waals surface area contributed by atoms with Gasteiger partial charge in [-0.1, -0.05) is 48.5 Å². The van der Waals surface area contributed by atoms with E-state index < -0.39 is 0 Å². The number of esters is 1. The number of hydrogen-bond donors (Lipinski definition) is 0. The van der Waals surface area contributed by atoms with Gasteiger partial charge in [0.05, 0.1) is 16.7 Å². The third kappa shape index (κ3) is 2.06.